The van der Waals surface area contributed by atoms with Crippen molar-refractivity contribution < 1.29 is 27.8 Å². The number of aliphatic imine (C=N–C) groups is 1. The second-order valence-electron chi connectivity index (χ2n) is 10.9. The summed E-state index contributed by atoms with van der Waals surface area (Å²) in [5.74, 6) is 0.221. The van der Waals surface area contributed by atoms with Crippen molar-refractivity contribution in [1.29, 1.82) is 0 Å². The van der Waals surface area contributed by atoms with Gasteiger partial charge in [0.25, 0.3) is 5.91 Å². The number of sulfone groups is 1. The lowest BCUT2D eigenvalue weighted by Crippen LogP contribution is -2.48. The van der Waals surface area contributed by atoms with Crippen LogP contribution in [-0.4, -0.2) is 68.8 Å². The number of aliphatic hydroxyl groups excluding tert-OH is 1. The van der Waals surface area contributed by atoms with Crippen LogP contribution in [0.5, 0.6) is 5.75 Å². The molecule has 1 N–H and O–H groups in total. The molecule has 4 aromatic carbocycles. The molecule has 0 unspecified atom stereocenters. The van der Waals surface area contributed by atoms with E-state index in [4.69, 9.17) is 19.6 Å². The summed E-state index contributed by atoms with van der Waals surface area (Å²) in [6.45, 7) is 0.420. The Balaban J connectivity index is 1.54. The molecule has 44 heavy (non-hydrogen) atoms. The van der Waals surface area contributed by atoms with Crippen LogP contribution in [0.3, 0.4) is 0 Å². The van der Waals surface area contributed by atoms with E-state index in [1.165, 1.54) is 4.90 Å². The van der Waals surface area contributed by atoms with Crippen LogP contribution in [-0.2, 0) is 19.4 Å². The molecule has 9 heteroatoms. The zero-order chi connectivity index (χ0) is 31.2. The fraction of sp³-hybridized carbons (Fsp3) is 0.257. The molecule has 0 radical (unpaired) electrons. The molecule has 1 aliphatic rings. The normalized spacial score (nSPS) is 17.9. The number of aliphatic hydroxyl groups is 1. The third-order valence-electron chi connectivity index (χ3n) is 7.59. The van der Waals surface area contributed by atoms with Gasteiger partial charge in [0, 0.05) is 39.1 Å². The van der Waals surface area contributed by atoms with E-state index in [1.807, 2.05) is 54.6 Å². The van der Waals surface area contributed by atoms with E-state index >= 15 is 0 Å². The number of nitrogens with zero attached hydrogens (tertiary/aromatic N) is 2. The highest BCUT2D eigenvalue weighted by Crippen LogP contribution is 2.44. The molecule has 0 saturated carbocycles. The minimum absolute atomic E-state index is 0.0401. The maximum absolute atomic E-state index is 14.1. The lowest BCUT2D eigenvalue weighted by atomic mass is 9.84. The first-order valence-corrected chi connectivity index (χ1v) is 16.1. The smallest absolute Gasteiger partial charge is 0.254 e. The highest BCUT2D eigenvalue weighted by atomic mass is 32.2. The first kappa shape index (κ1) is 31.0. The van der Waals surface area contributed by atoms with Crippen LogP contribution in [0.2, 0.25) is 0 Å². The minimum Gasteiger partial charge on any atom is -0.494 e. The topological polar surface area (TPSA) is 106 Å². The zero-order valence-corrected chi connectivity index (χ0v) is 25.6. The van der Waals surface area contributed by atoms with Crippen LogP contribution in [0.25, 0.3) is 11.1 Å². The van der Waals surface area contributed by atoms with E-state index < -0.39 is 21.5 Å². The number of hydrogen-bond acceptors (Lipinski definition) is 7. The van der Waals surface area contributed by atoms with Gasteiger partial charge in [-0.05, 0) is 53.1 Å². The van der Waals surface area contributed by atoms with Crippen molar-refractivity contribution in [2.75, 3.05) is 33.1 Å². The number of likely N-dealkylation sites (N-methyl/N-ethyl adjacent to an activating group) is 1. The second-order valence-corrected chi connectivity index (χ2v) is 13.0. The molecule has 5 rings (SSSR count). The molecule has 1 aliphatic heterocycles. The summed E-state index contributed by atoms with van der Waals surface area (Å²) in [6.07, 6.45) is -0.439. The summed E-state index contributed by atoms with van der Waals surface area (Å²) in [7, 11) is -0.450. The van der Waals surface area contributed by atoms with Gasteiger partial charge in [-0.2, -0.15) is 0 Å². The van der Waals surface area contributed by atoms with Crippen molar-refractivity contribution in [3.05, 3.63) is 120 Å². The lowest BCUT2D eigenvalue weighted by molar-refractivity contribution is -0.137. The fourth-order valence-electron chi connectivity index (χ4n) is 5.26. The lowest BCUT2D eigenvalue weighted by Gasteiger charge is -2.32. The average molecular weight is 613 g/mol. The molecular formula is C35H36N2O6S. The Morgan fingerprint density at radius 2 is 1.45 bits per heavy atom. The first-order chi connectivity index (χ1) is 21.2. The van der Waals surface area contributed by atoms with Gasteiger partial charge in [0.05, 0.1) is 17.3 Å². The van der Waals surface area contributed by atoms with E-state index in [2.05, 4.69) is 0 Å². The van der Waals surface area contributed by atoms with Crippen LogP contribution in [0.1, 0.15) is 30.1 Å². The summed E-state index contributed by atoms with van der Waals surface area (Å²) in [5.41, 5.74) is 1.85. The number of rotatable bonds is 12. The van der Waals surface area contributed by atoms with E-state index in [-0.39, 0.29) is 35.5 Å². The monoisotopic (exact) mass is 612 g/mol. The standard InChI is InChI=1S/C35H36N2O6S/c1-37(2)34(39)35(22-25-44(40,41)31-12-7-4-8-13-31)32(28-16-14-27(15-17-28)26-10-5-3-6-11-26)43-33(36-35)29-18-20-30(21-19-29)42-24-9-23-38/h3-8,10-21,32,38H,9,22-25H2,1-2H3/t32-,35-/m1/s1. The van der Waals surface area contributed by atoms with Crippen LogP contribution >= 0.6 is 0 Å². The average Bonchev–Trinajstić information content (AvgIpc) is 3.45. The third-order valence-corrected chi connectivity index (χ3v) is 9.32. The third kappa shape index (κ3) is 6.69. The molecule has 0 fully saturated rings. The van der Waals surface area contributed by atoms with Crippen molar-refractivity contribution in [1.82, 2.24) is 4.90 Å². The Kier molecular flexibility index (Phi) is 9.46. The molecule has 8 nitrogen and oxygen atoms in total. The molecule has 1 heterocycles. The van der Waals surface area contributed by atoms with Crippen LogP contribution in [0, 0.1) is 0 Å². The summed E-state index contributed by atoms with van der Waals surface area (Å²) in [4.78, 5) is 20.6. The molecule has 0 aliphatic carbocycles. The Bertz CT molecular complexity index is 1690. The predicted molar refractivity (Wildman–Crippen MR) is 170 cm³/mol. The molecule has 4 aromatic rings. The zero-order valence-electron chi connectivity index (χ0n) is 24.8. The van der Waals surface area contributed by atoms with Crippen molar-refractivity contribution in [2.24, 2.45) is 4.99 Å². The van der Waals surface area contributed by atoms with E-state index in [1.54, 1.807) is 68.7 Å². The predicted octanol–water partition coefficient (Wildman–Crippen LogP) is 5.32. The van der Waals surface area contributed by atoms with Gasteiger partial charge in [0.1, 0.15) is 5.75 Å². The number of ether oxygens (including phenoxy) is 2. The SMILES string of the molecule is CN(C)C(=O)[C@]1(CCS(=O)(=O)c2ccccc2)N=C(c2ccc(OCCCO)cc2)O[C@@H]1c1ccc(-c2ccccc2)cc1. The van der Waals surface area contributed by atoms with Gasteiger partial charge in [0.15, 0.2) is 21.5 Å². The van der Waals surface area contributed by atoms with Crippen LogP contribution in [0.15, 0.2) is 119 Å². The molecule has 0 bridgehead atoms. The van der Waals surface area contributed by atoms with E-state index in [9.17, 15) is 13.2 Å². The quantitative estimate of drug-likeness (QED) is 0.217. The molecular weight excluding hydrogens is 576 g/mol. The largest absolute Gasteiger partial charge is 0.494 e. The Labute approximate surface area is 258 Å². The number of amides is 1. The van der Waals surface area contributed by atoms with Crippen LogP contribution < -0.4 is 4.74 Å². The summed E-state index contributed by atoms with van der Waals surface area (Å²) in [5, 5.41) is 9.03. The van der Waals surface area contributed by atoms with Gasteiger partial charge < -0.3 is 19.5 Å². The highest BCUT2D eigenvalue weighted by Gasteiger charge is 2.54. The number of benzene rings is 4. The van der Waals surface area contributed by atoms with Crippen molar-refractivity contribution >= 4 is 21.6 Å². The van der Waals surface area contributed by atoms with Crippen molar-refractivity contribution in [3.8, 4) is 16.9 Å². The van der Waals surface area contributed by atoms with Crippen molar-refractivity contribution in [3.63, 3.8) is 0 Å². The van der Waals surface area contributed by atoms with E-state index in [0.717, 1.165) is 11.1 Å². The molecule has 228 valence electrons. The van der Waals surface area contributed by atoms with Gasteiger partial charge in [-0.15, -0.1) is 0 Å². The van der Waals surface area contributed by atoms with Crippen LogP contribution in [0.4, 0.5) is 0 Å². The highest BCUT2D eigenvalue weighted by molar-refractivity contribution is 7.91. The van der Waals surface area contributed by atoms with Gasteiger partial charge in [0.2, 0.25) is 5.90 Å². The summed E-state index contributed by atoms with van der Waals surface area (Å²) < 4.78 is 39.0. The molecule has 0 saturated heterocycles. The van der Waals surface area contributed by atoms with Gasteiger partial charge in [-0.25, -0.2) is 13.4 Å². The Morgan fingerprint density at radius 3 is 2.07 bits per heavy atom. The molecule has 2 atom stereocenters. The van der Waals surface area contributed by atoms with Gasteiger partial charge in [-0.1, -0.05) is 72.8 Å². The Hall–Kier alpha value is -4.47. The summed E-state index contributed by atoms with van der Waals surface area (Å²) in [6, 6.07) is 33.1. The maximum Gasteiger partial charge on any atom is 0.254 e. The van der Waals surface area contributed by atoms with Gasteiger partial charge in [-0.3, -0.25) is 4.79 Å². The molecule has 0 aromatic heterocycles. The Morgan fingerprint density at radius 1 is 0.864 bits per heavy atom. The van der Waals surface area contributed by atoms with E-state index in [0.29, 0.717) is 29.9 Å². The van der Waals surface area contributed by atoms with Gasteiger partial charge >= 0.3 is 0 Å². The molecule has 1 amide bonds. The fourth-order valence-corrected chi connectivity index (χ4v) is 6.65. The number of carbonyl (C=O) groups is 1. The summed E-state index contributed by atoms with van der Waals surface area (Å²) >= 11 is 0. The second kappa shape index (κ2) is 13.4. The maximum atomic E-state index is 14.1. The van der Waals surface area contributed by atoms with Crippen molar-refractivity contribution in [2.45, 2.75) is 29.4 Å². The molecule has 0 spiro atoms. The number of carbonyl (C=O) groups excluding carboxylic acids is 1. The minimum atomic E-state index is -3.72. The number of hydrogen-bond donors (Lipinski definition) is 1. The first-order valence-electron chi connectivity index (χ1n) is 14.5.